The summed E-state index contributed by atoms with van der Waals surface area (Å²) in [5, 5.41) is 7.79. The standard InChI is InChI=1S/C75H50N4S2/c1-6-20-47(21-7-1)50-34-36-53(37-35-50)73-76-74(56-43-54(48-22-8-2-9-23-48)42-55(44-56)49-24-10-3-11-25-49)78-75(77-73)57-45-62(51-26-12-4-13-27-51)70(63(46-57)52-28-14-5-15-29-52)79-64-32-18-16-30-60(64)68-65(79)40-38-58-59-39-41-67-69(72(59)81-71(58)68)61-31-17-19-33-66(61)80-67/h1-24,26-36,38-46,49,53H,25,37H2. The quantitative estimate of drug-likeness (QED) is 0.145. The lowest BCUT2D eigenvalue weighted by Crippen LogP contribution is -2.09. The molecule has 4 aromatic heterocycles. The zero-order valence-corrected chi connectivity index (χ0v) is 45.7. The summed E-state index contributed by atoms with van der Waals surface area (Å²) >= 11 is 3.83. The van der Waals surface area contributed by atoms with Gasteiger partial charge >= 0.3 is 0 Å². The maximum atomic E-state index is 5.61. The van der Waals surface area contributed by atoms with Crippen molar-refractivity contribution < 1.29 is 0 Å². The van der Waals surface area contributed by atoms with E-state index in [1.54, 1.807) is 0 Å². The van der Waals surface area contributed by atoms with E-state index in [1.807, 2.05) is 22.7 Å². The Balaban J connectivity index is 0.950. The fourth-order valence-corrected chi connectivity index (χ4v) is 15.2. The van der Waals surface area contributed by atoms with Gasteiger partial charge in [-0.25, -0.2) is 15.0 Å². The highest BCUT2D eigenvalue weighted by Crippen LogP contribution is 2.50. The number of fused-ring (bicyclic) bond motifs is 11. The number of para-hydroxylation sites is 1. The predicted molar refractivity (Wildman–Crippen MR) is 344 cm³/mol. The van der Waals surface area contributed by atoms with Crippen LogP contribution >= 0.6 is 22.7 Å². The first-order chi connectivity index (χ1) is 40.1. The van der Waals surface area contributed by atoms with Crippen LogP contribution in [0.5, 0.6) is 0 Å². The summed E-state index contributed by atoms with van der Waals surface area (Å²) in [5.41, 5.74) is 15.6. The topological polar surface area (TPSA) is 43.6 Å². The first kappa shape index (κ1) is 47.4. The Morgan fingerprint density at radius 2 is 1.00 bits per heavy atom. The number of rotatable bonds is 9. The third kappa shape index (κ3) is 8.20. The Hall–Kier alpha value is -9.59. The number of aromatic nitrogens is 4. The zero-order chi connectivity index (χ0) is 53.4. The van der Waals surface area contributed by atoms with Gasteiger partial charge < -0.3 is 4.57 Å². The highest BCUT2D eigenvalue weighted by atomic mass is 32.1. The minimum atomic E-state index is -0.0690. The normalized spacial score (nSPS) is 15.2. The summed E-state index contributed by atoms with van der Waals surface area (Å²) in [6, 6.07) is 82.0. The fourth-order valence-electron chi connectivity index (χ4n) is 12.6. The van der Waals surface area contributed by atoms with Crippen molar-refractivity contribution in [1.82, 2.24) is 19.5 Å². The smallest absolute Gasteiger partial charge is 0.163 e. The molecule has 0 amide bonds. The van der Waals surface area contributed by atoms with Crippen molar-refractivity contribution in [3.63, 3.8) is 0 Å². The highest BCUT2D eigenvalue weighted by molar-refractivity contribution is 7.30. The molecule has 6 heteroatoms. The third-order valence-electron chi connectivity index (χ3n) is 16.5. The van der Waals surface area contributed by atoms with E-state index in [2.05, 4.69) is 272 Å². The van der Waals surface area contributed by atoms with Crippen molar-refractivity contribution in [1.29, 1.82) is 0 Å². The molecule has 0 saturated carbocycles. The minimum Gasteiger partial charge on any atom is -0.308 e. The average Bonchev–Trinajstić information content (AvgIpc) is 4.44. The largest absolute Gasteiger partial charge is 0.308 e. The van der Waals surface area contributed by atoms with Crippen molar-refractivity contribution in [2.45, 2.75) is 24.7 Å². The van der Waals surface area contributed by atoms with Crippen LogP contribution in [0.2, 0.25) is 0 Å². The van der Waals surface area contributed by atoms with Gasteiger partial charge in [-0.1, -0.05) is 218 Å². The zero-order valence-electron chi connectivity index (χ0n) is 44.1. The first-order valence-electron chi connectivity index (χ1n) is 27.9. The molecule has 0 spiro atoms. The lowest BCUT2D eigenvalue weighted by Gasteiger charge is -2.22. The van der Waals surface area contributed by atoms with Crippen molar-refractivity contribution in [2.75, 3.05) is 0 Å². The molecule has 14 aromatic rings. The van der Waals surface area contributed by atoms with Crippen LogP contribution < -0.4 is 0 Å². The van der Waals surface area contributed by atoms with E-state index in [0.717, 1.165) is 79.9 Å². The van der Waals surface area contributed by atoms with Crippen LogP contribution in [0.3, 0.4) is 0 Å². The fraction of sp³-hybridized carbons (Fsp3) is 0.0533. The van der Waals surface area contributed by atoms with Crippen LogP contribution in [-0.4, -0.2) is 19.5 Å². The number of hydrogen-bond donors (Lipinski definition) is 0. The minimum absolute atomic E-state index is 0.0690. The number of hydrogen-bond acceptors (Lipinski definition) is 5. The molecule has 0 aliphatic heterocycles. The molecular weight excluding hydrogens is 1020 g/mol. The van der Waals surface area contributed by atoms with Gasteiger partial charge in [-0.2, -0.15) is 0 Å². The Morgan fingerprint density at radius 1 is 0.395 bits per heavy atom. The van der Waals surface area contributed by atoms with Gasteiger partial charge in [-0.3, -0.25) is 0 Å². The van der Waals surface area contributed by atoms with E-state index in [0.29, 0.717) is 11.6 Å². The molecule has 2 aliphatic carbocycles. The van der Waals surface area contributed by atoms with Crippen LogP contribution in [0.15, 0.2) is 267 Å². The second kappa shape index (κ2) is 19.6. The Bertz CT molecular complexity index is 4870. The molecule has 2 unspecified atom stereocenters. The summed E-state index contributed by atoms with van der Waals surface area (Å²) in [6.45, 7) is 0. The van der Waals surface area contributed by atoms with Crippen LogP contribution in [0.25, 0.3) is 130 Å². The monoisotopic (exact) mass is 1070 g/mol. The first-order valence-corrected chi connectivity index (χ1v) is 29.5. The van der Waals surface area contributed by atoms with Gasteiger partial charge in [0.25, 0.3) is 0 Å². The molecule has 10 aromatic carbocycles. The molecule has 16 rings (SSSR count). The number of benzene rings is 10. The van der Waals surface area contributed by atoms with Gasteiger partial charge in [0.05, 0.1) is 16.7 Å². The van der Waals surface area contributed by atoms with Crippen molar-refractivity contribution in [2.24, 2.45) is 0 Å². The van der Waals surface area contributed by atoms with Crippen molar-refractivity contribution in [3.8, 4) is 61.8 Å². The third-order valence-corrected chi connectivity index (χ3v) is 18.9. The lowest BCUT2D eigenvalue weighted by molar-refractivity contribution is 0.766. The van der Waals surface area contributed by atoms with E-state index in [9.17, 15) is 0 Å². The number of nitrogens with zero attached hydrogens (tertiary/aromatic N) is 4. The second-order valence-electron chi connectivity index (χ2n) is 21.3. The highest BCUT2D eigenvalue weighted by Gasteiger charge is 2.27. The van der Waals surface area contributed by atoms with Gasteiger partial charge in [0.15, 0.2) is 11.6 Å². The number of thiophene rings is 2. The molecule has 0 N–H and O–H groups in total. The summed E-state index contributed by atoms with van der Waals surface area (Å²) in [7, 11) is 0. The Kier molecular flexibility index (Phi) is 11.5. The SMILES string of the molecule is C1=CCC(c2cc(-c3ccccc3)cc(-c3nc(-c4cc(-c5ccccc5)c(-n5c6ccccc6c6c7sc8c(ccc9sc%10ccccc%10c98)c7ccc65)c(-c5ccccc5)c4)nc(C4C=CC(c5ccccc5)=CC4)n3)c2)C=C1. The molecule has 0 radical (unpaired) electrons. The summed E-state index contributed by atoms with van der Waals surface area (Å²) in [5.74, 6) is 2.19. The van der Waals surface area contributed by atoms with Crippen LogP contribution in [-0.2, 0) is 0 Å². The molecule has 81 heavy (non-hydrogen) atoms. The average molecular weight is 1070 g/mol. The van der Waals surface area contributed by atoms with Crippen LogP contribution in [0.4, 0.5) is 0 Å². The van der Waals surface area contributed by atoms with Crippen molar-refractivity contribution in [3.05, 3.63) is 284 Å². The molecule has 4 nitrogen and oxygen atoms in total. The molecule has 2 aliphatic rings. The van der Waals surface area contributed by atoms with E-state index in [-0.39, 0.29) is 11.8 Å². The van der Waals surface area contributed by atoms with E-state index in [4.69, 9.17) is 15.0 Å². The molecule has 0 saturated heterocycles. The molecule has 4 heterocycles. The predicted octanol–water partition coefficient (Wildman–Crippen LogP) is 20.8. The van der Waals surface area contributed by atoms with Gasteiger partial charge in [-0.15, -0.1) is 22.7 Å². The Labute approximate surface area is 477 Å². The Morgan fingerprint density at radius 3 is 1.68 bits per heavy atom. The summed E-state index contributed by atoms with van der Waals surface area (Å²) < 4.78 is 7.85. The number of allylic oxidation sites excluding steroid dienone is 8. The molecule has 2 atom stereocenters. The van der Waals surface area contributed by atoms with E-state index >= 15 is 0 Å². The molecule has 382 valence electrons. The van der Waals surface area contributed by atoms with Crippen molar-refractivity contribution >= 4 is 90.4 Å². The summed E-state index contributed by atoms with van der Waals surface area (Å²) in [4.78, 5) is 16.7. The second-order valence-corrected chi connectivity index (χ2v) is 23.4. The lowest BCUT2D eigenvalue weighted by atomic mass is 9.88. The van der Waals surface area contributed by atoms with Gasteiger partial charge in [-0.05, 0) is 100 Å². The van der Waals surface area contributed by atoms with E-state index < -0.39 is 0 Å². The van der Waals surface area contributed by atoms with Crippen LogP contribution in [0.1, 0.15) is 41.6 Å². The molecular formula is C75H50N4S2. The van der Waals surface area contributed by atoms with Gasteiger partial charge in [0, 0.05) is 85.2 Å². The maximum absolute atomic E-state index is 5.61. The molecule has 0 fully saturated rings. The van der Waals surface area contributed by atoms with Crippen LogP contribution in [0, 0.1) is 0 Å². The van der Waals surface area contributed by atoms with E-state index in [1.165, 1.54) is 67.8 Å². The maximum Gasteiger partial charge on any atom is 0.163 e. The molecule has 0 bridgehead atoms. The van der Waals surface area contributed by atoms with Gasteiger partial charge in [0.2, 0.25) is 0 Å². The van der Waals surface area contributed by atoms with Gasteiger partial charge in [0.1, 0.15) is 5.82 Å². The summed E-state index contributed by atoms with van der Waals surface area (Å²) in [6.07, 6.45) is 17.4.